The van der Waals surface area contributed by atoms with Crippen LogP contribution in [0.15, 0.2) is 97.3 Å². The Kier molecular flexibility index (Phi) is 20.0. The number of rotatable bonds is 27. The summed E-state index contributed by atoms with van der Waals surface area (Å²) in [5, 5.41) is 25.8. The lowest BCUT2D eigenvalue weighted by atomic mass is 9.94. The van der Waals surface area contributed by atoms with Crippen LogP contribution < -0.4 is 42.5 Å². The van der Waals surface area contributed by atoms with Crippen LogP contribution in [0.5, 0.6) is 0 Å². The van der Waals surface area contributed by atoms with E-state index in [2.05, 4.69) is 71.3 Å². The van der Waals surface area contributed by atoms with Crippen molar-refractivity contribution in [3.05, 3.63) is 108 Å². The highest BCUT2D eigenvalue weighted by molar-refractivity contribution is 8.00. The van der Waals surface area contributed by atoms with Crippen molar-refractivity contribution in [3.63, 3.8) is 0 Å². The molecule has 20 heteroatoms. The van der Waals surface area contributed by atoms with Gasteiger partial charge in [0.25, 0.3) is 5.91 Å². The largest absolute Gasteiger partial charge is 0.375 e. The van der Waals surface area contributed by atoms with Crippen molar-refractivity contribution in [2.75, 3.05) is 61.5 Å². The molecule has 4 atom stereocenters. The molecule has 7 rings (SSSR count). The number of nitrogens with zero attached hydrogens (tertiary/aromatic N) is 3. The van der Waals surface area contributed by atoms with Crippen LogP contribution in [-0.2, 0) is 14.3 Å². The van der Waals surface area contributed by atoms with E-state index in [1.165, 1.54) is 6.08 Å². The fourth-order valence-corrected chi connectivity index (χ4v) is 10.7. The number of thioether (sulfide) groups is 1. The van der Waals surface area contributed by atoms with Crippen molar-refractivity contribution in [1.82, 2.24) is 46.4 Å². The molecule has 2 saturated heterocycles. The fraction of sp³-hybridized carbons (Fsp3) is 0.436. The van der Waals surface area contributed by atoms with E-state index in [-0.39, 0.29) is 47.4 Å². The average Bonchev–Trinajstić information content (AvgIpc) is 4.09. The minimum absolute atomic E-state index is 0.0515. The molecule has 5 aromatic rings. The quantitative estimate of drug-likeness (QED) is 0.0137. The van der Waals surface area contributed by atoms with Gasteiger partial charge in [-0.15, -0.1) is 0 Å². The zero-order valence-corrected chi connectivity index (χ0v) is 45.0. The third-order valence-electron chi connectivity index (χ3n) is 13.5. The molecule has 0 saturated carbocycles. The molecule has 4 heterocycles. The molecule has 0 radical (unpaired) electrons. The summed E-state index contributed by atoms with van der Waals surface area (Å²) in [5.74, 6) is 0.721. The van der Waals surface area contributed by atoms with Crippen LogP contribution in [0.2, 0.25) is 5.02 Å². The van der Waals surface area contributed by atoms with Gasteiger partial charge in [-0.3, -0.25) is 14.4 Å². The molecule has 400 valence electrons. The summed E-state index contributed by atoms with van der Waals surface area (Å²) in [5.41, 5.74) is 3.76. The summed E-state index contributed by atoms with van der Waals surface area (Å²) in [6.07, 6.45) is 12.7. The van der Waals surface area contributed by atoms with Crippen molar-refractivity contribution in [2.24, 2.45) is 0 Å². The molecule has 2 fully saturated rings. The lowest BCUT2D eigenvalue weighted by Crippen LogP contribution is -2.47. The van der Waals surface area contributed by atoms with E-state index in [9.17, 15) is 24.0 Å². The number of para-hydroxylation sites is 1. The van der Waals surface area contributed by atoms with Crippen LogP contribution in [0.25, 0.3) is 22.2 Å². The van der Waals surface area contributed by atoms with E-state index >= 15 is 0 Å². The summed E-state index contributed by atoms with van der Waals surface area (Å²) >= 11 is 8.41. The Hall–Kier alpha value is -6.67. The minimum Gasteiger partial charge on any atom is -0.375 e. The maximum absolute atomic E-state index is 13.2. The summed E-state index contributed by atoms with van der Waals surface area (Å²) in [7, 11) is 1.94. The SMILES string of the molecule is CCC(C)(CCOC(C)(C)CCNC(=O)NCCCN(C)CC=CC(=O)Nc1ccc(C(=O)Nc2cccc(Nc3ncc(Cl)c(-c4c[nH]c5ccccc45)n3)c2)cc1)NC(=O)CCCCC1SCC2NC(=O)NC21. The number of carbonyl (C=O) groups is 5. The van der Waals surface area contributed by atoms with Gasteiger partial charge in [-0.25, -0.2) is 19.6 Å². The number of hydrogen-bond acceptors (Lipinski definition) is 11. The third kappa shape index (κ3) is 16.9. The van der Waals surface area contributed by atoms with Crippen LogP contribution in [0.3, 0.4) is 0 Å². The monoisotopic (exact) mass is 1060 g/mol. The predicted molar refractivity (Wildman–Crippen MR) is 300 cm³/mol. The molecule has 2 aromatic heterocycles. The van der Waals surface area contributed by atoms with E-state index < -0.39 is 5.60 Å². The number of ether oxygens (including phenoxy) is 1. The van der Waals surface area contributed by atoms with Gasteiger partial charge in [-0.05, 0) is 121 Å². The van der Waals surface area contributed by atoms with Gasteiger partial charge in [0.1, 0.15) is 0 Å². The molecule has 4 unspecified atom stereocenters. The number of amides is 7. The van der Waals surface area contributed by atoms with Crippen molar-refractivity contribution < 1.29 is 28.7 Å². The van der Waals surface area contributed by atoms with Crippen molar-refractivity contribution in [3.8, 4) is 11.3 Å². The summed E-state index contributed by atoms with van der Waals surface area (Å²) in [4.78, 5) is 77.2. The van der Waals surface area contributed by atoms with E-state index in [0.717, 1.165) is 54.3 Å². The predicted octanol–water partition coefficient (Wildman–Crippen LogP) is 8.98. The number of carbonyl (C=O) groups excluding carboxylic acids is 5. The number of aromatic nitrogens is 3. The number of likely N-dealkylation sites (N-methyl/N-ethyl adjacent to an activating group) is 1. The van der Waals surface area contributed by atoms with Gasteiger partial charge in [0.15, 0.2) is 0 Å². The highest BCUT2D eigenvalue weighted by Crippen LogP contribution is 2.34. The fourth-order valence-electron chi connectivity index (χ4n) is 8.93. The molecule has 18 nitrogen and oxygen atoms in total. The number of nitrogens with one attached hydrogen (secondary N) is 9. The van der Waals surface area contributed by atoms with Crippen molar-refractivity contribution in [2.45, 2.75) is 108 Å². The van der Waals surface area contributed by atoms with Gasteiger partial charge in [0.2, 0.25) is 17.8 Å². The first-order valence-electron chi connectivity index (χ1n) is 25.7. The first-order chi connectivity index (χ1) is 36.0. The Labute approximate surface area is 448 Å². The minimum atomic E-state index is -0.467. The van der Waals surface area contributed by atoms with E-state index in [4.69, 9.17) is 16.3 Å². The Morgan fingerprint density at radius 2 is 1.71 bits per heavy atom. The van der Waals surface area contributed by atoms with Crippen LogP contribution in [0.1, 0.15) is 89.4 Å². The first-order valence-corrected chi connectivity index (χ1v) is 27.2. The second-order valence-electron chi connectivity index (χ2n) is 20.0. The van der Waals surface area contributed by atoms with Gasteiger partial charge in [-0.2, -0.15) is 11.8 Å². The molecular weight excluding hydrogens is 992 g/mol. The van der Waals surface area contributed by atoms with Crippen LogP contribution in [0, 0.1) is 0 Å². The molecule has 3 aromatic carbocycles. The summed E-state index contributed by atoms with van der Waals surface area (Å²) in [6.45, 7) is 10.8. The van der Waals surface area contributed by atoms with Crippen LogP contribution >= 0.6 is 23.4 Å². The van der Waals surface area contributed by atoms with E-state index in [0.29, 0.717) is 96.6 Å². The molecule has 75 heavy (non-hydrogen) atoms. The van der Waals surface area contributed by atoms with E-state index in [1.807, 2.05) is 80.2 Å². The third-order valence-corrected chi connectivity index (χ3v) is 15.3. The maximum Gasteiger partial charge on any atom is 0.315 e. The molecule has 0 bridgehead atoms. The topological polar surface area (TPSA) is 236 Å². The maximum atomic E-state index is 13.2. The van der Waals surface area contributed by atoms with E-state index in [1.54, 1.807) is 48.7 Å². The molecule has 2 aliphatic rings. The summed E-state index contributed by atoms with van der Waals surface area (Å²) in [6, 6.07) is 21.8. The second-order valence-corrected chi connectivity index (χ2v) is 21.7. The molecule has 7 amide bonds. The number of anilines is 4. The van der Waals surface area contributed by atoms with Crippen molar-refractivity contribution >= 4 is 87.1 Å². The van der Waals surface area contributed by atoms with Gasteiger partial charge >= 0.3 is 12.1 Å². The zero-order valence-electron chi connectivity index (χ0n) is 43.4. The van der Waals surface area contributed by atoms with Crippen molar-refractivity contribution in [1.29, 1.82) is 0 Å². The molecule has 0 aliphatic carbocycles. The number of urea groups is 2. The Morgan fingerprint density at radius 3 is 2.52 bits per heavy atom. The number of halogens is 1. The molecular formula is C55H71ClN12O6S. The average molecular weight is 1060 g/mol. The van der Waals surface area contributed by atoms with Crippen LogP contribution in [0.4, 0.5) is 32.6 Å². The van der Waals surface area contributed by atoms with Crippen LogP contribution in [-0.4, -0.2) is 124 Å². The number of unbranched alkanes of at least 4 members (excludes halogenated alkanes) is 1. The lowest BCUT2D eigenvalue weighted by Gasteiger charge is -2.32. The van der Waals surface area contributed by atoms with Gasteiger partial charge in [0.05, 0.1) is 34.6 Å². The molecule has 0 spiro atoms. The second kappa shape index (κ2) is 26.7. The lowest BCUT2D eigenvalue weighted by molar-refractivity contribution is -0.123. The summed E-state index contributed by atoms with van der Waals surface area (Å²) < 4.78 is 6.23. The Bertz CT molecular complexity index is 2790. The number of fused-ring (bicyclic) bond motifs is 2. The highest BCUT2D eigenvalue weighted by Gasteiger charge is 2.42. The van der Waals surface area contributed by atoms with Gasteiger partial charge in [0, 0.05) is 101 Å². The Balaban J connectivity index is 0.719. The molecule has 2 aliphatic heterocycles. The van der Waals surface area contributed by atoms with Gasteiger partial charge in [-0.1, -0.05) is 55.3 Å². The molecule has 9 N–H and O–H groups in total. The number of aromatic amines is 1. The van der Waals surface area contributed by atoms with Gasteiger partial charge < -0.3 is 57.2 Å². The Morgan fingerprint density at radius 1 is 0.920 bits per heavy atom. The zero-order chi connectivity index (χ0) is 53.4. The number of H-pyrrole nitrogens is 1. The number of hydrogen-bond donors (Lipinski definition) is 9. The standard InChI is InChI=1S/C55H71ClN12O6S/c1-6-55(4,67-47(70)19-10-9-18-45-49-44(35-75-45)64-53(73)66-49)26-31-74-54(2,3)25-28-58-52(72)57-27-13-30-68(5)29-12-20-46(69)61-37-23-21-36(22-24-37)50(71)62-38-14-11-15-39(32-38)63-51-60-34-42(56)48(65-51)41-33-59-43-17-8-7-16-40(41)43/h7-8,11-12,14-17,20-24,32-34,44-45,49,59H,6,9-10,13,18-19,25-31,35H2,1-5H3,(H,61,69)(H,62,71)(H,67,70)(H2,57,58,72)(H,60,63,65)(H2,64,66,73). The first kappa shape index (κ1) is 56.1. The smallest absolute Gasteiger partial charge is 0.315 e. The normalized spacial score (nSPS) is 17.0. The number of benzene rings is 3. The highest BCUT2D eigenvalue weighted by atomic mass is 35.5.